The largest absolute Gasteiger partial charge is 0.394 e. The van der Waals surface area contributed by atoms with E-state index < -0.39 is 161 Å². The molecule has 0 unspecified atom stereocenters. The molecule has 4 aliphatic rings. The topological polar surface area (TPSA) is 366 Å². The zero-order valence-corrected chi connectivity index (χ0v) is 27.4. The normalized spacial score (nSPS) is 47.8. The van der Waals surface area contributed by atoms with Gasteiger partial charge in [0, 0.05) is 13.8 Å². The number of rotatable bonds is 12. The maximum absolute atomic E-state index is 11.9. The summed E-state index contributed by atoms with van der Waals surface area (Å²) in [5.41, 5.74) is 0. The first kappa shape index (κ1) is 41.9. The molecule has 0 spiro atoms. The zero-order chi connectivity index (χ0) is 37.9. The number of aliphatic hydroxyl groups excluding tert-OH is 12. The van der Waals surface area contributed by atoms with E-state index in [-0.39, 0.29) is 0 Å². The molecule has 0 aromatic rings. The monoisotopic (exact) mass is 748 g/mol. The van der Waals surface area contributed by atoms with Gasteiger partial charge in [-0.05, 0) is 0 Å². The van der Waals surface area contributed by atoms with Crippen LogP contribution >= 0.6 is 0 Å². The Morgan fingerprint density at radius 3 is 1.49 bits per heavy atom. The molecule has 4 rings (SSSR count). The quantitative estimate of drug-likeness (QED) is 0.0881. The molecule has 20 atom stereocenters. The molecule has 0 aliphatic carbocycles. The molecule has 0 radical (unpaired) electrons. The highest BCUT2D eigenvalue weighted by Crippen LogP contribution is 2.33. The van der Waals surface area contributed by atoms with Crippen LogP contribution in [0.4, 0.5) is 0 Å². The minimum atomic E-state index is -2.06. The van der Waals surface area contributed by atoms with Gasteiger partial charge in [0.05, 0.1) is 26.4 Å². The number of hydrogen-bond acceptors (Lipinski definition) is 21. The van der Waals surface area contributed by atoms with Gasteiger partial charge in [0.1, 0.15) is 97.5 Å². The fourth-order valence-electron chi connectivity index (χ4n) is 6.25. The average molecular weight is 749 g/mol. The Kier molecular flexibility index (Phi) is 14.8. The van der Waals surface area contributed by atoms with Gasteiger partial charge in [-0.2, -0.15) is 0 Å². The Morgan fingerprint density at radius 2 is 0.961 bits per heavy atom. The molecule has 23 nitrogen and oxygen atoms in total. The first-order chi connectivity index (χ1) is 24.0. The molecule has 23 heteroatoms. The lowest BCUT2D eigenvalue weighted by Crippen LogP contribution is -2.68. The standard InChI is InChI=1S/C28H48N2O21/c1-7(34)29-13-18(39)24(12(46-25(13)44)6-45-26-14(30-8(2)35)17(38)15(36)9(3-31)47-26)51-28-22(43)20(41)23(11(5-33)49-28)50-27-21(42)19(40)16(37)10(4-32)48-27/h9-28,31-33,36-44H,3-6H2,1-2H3,(H,29,34)(H,30,35)/t9-,10-,11-,12-,13-,14-,15-,16+,17-,18-,19+,20-,21-,22-,23+,24+,25+,26-,27+,28+/m1/s1. The van der Waals surface area contributed by atoms with Crippen molar-refractivity contribution in [3.8, 4) is 0 Å². The lowest BCUT2D eigenvalue weighted by molar-refractivity contribution is -0.375. The van der Waals surface area contributed by atoms with Gasteiger partial charge in [-0.15, -0.1) is 0 Å². The van der Waals surface area contributed by atoms with Crippen LogP contribution in [-0.4, -0.2) is 222 Å². The fourth-order valence-corrected chi connectivity index (χ4v) is 6.25. The molecular weight excluding hydrogens is 700 g/mol. The summed E-state index contributed by atoms with van der Waals surface area (Å²) in [7, 11) is 0. The van der Waals surface area contributed by atoms with Crippen molar-refractivity contribution in [2.45, 2.75) is 137 Å². The van der Waals surface area contributed by atoms with Gasteiger partial charge in [-0.3, -0.25) is 9.59 Å². The van der Waals surface area contributed by atoms with Crippen LogP contribution < -0.4 is 10.6 Å². The predicted molar refractivity (Wildman–Crippen MR) is 157 cm³/mol. The van der Waals surface area contributed by atoms with Gasteiger partial charge < -0.3 is 105 Å². The molecule has 0 bridgehead atoms. The second-order valence-electron chi connectivity index (χ2n) is 12.7. The van der Waals surface area contributed by atoms with Crippen LogP contribution in [0.1, 0.15) is 13.8 Å². The molecule has 14 N–H and O–H groups in total. The number of carbonyl (C=O) groups excluding carboxylic acids is 2. The Balaban J connectivity index is 1.53. The fraction of sp³-hybridized carbons (Fsp3) is 0.929. The Labute approximate surface area is 289 Å². The van der Waals surface area contributed by atoms with Crippen molar-refractivity contribution in [3.63, 3.8) is 0 Å². The molecule has 4 heterocycles. The maximum atomic E-state index is 11.9. The van der Waals surface area contributed by atoms with E-state index >= 15 is 0 Å². The van der Waals surface area contributed by atoms with Crippen molar-refractivity contribution in [1.82, 2.24) is 10.6 Å². The van der Waals surface area contributed by atoms with Crippen molar-refractivity contribution in [2.75, 3.05) is 26.4 Å². The van der Waals surface area contributed by atoms with Gasteiger partial charge in [0.25, 0.3) is 0 Å². The van der Waals surface area contributed by atoms with Crippen LogP contribution in [0.3, 0.4) is 0 Å². The molecule has 4 fully saturated rings. The molecule has 0 aromatic heterocycles. The molecule has 51 heavy (non-hydrogen) atoms. The zero-order valence-electron chi connectivity index (χ0n) is 27.4. The summed E-state index contributed by atoms with van der Waals surface area (Å²) in [6, 6.07) is -2.94. The summed E-state index contributed by atoms with van der Waals surface area (Å²) in [5.74, 6) is -1.36. The van der Waals surface area contributed by atoms with Crippen molar-refractivity contribution in [2.24, 2.45) is 0 Å². The smallest absolute Gasteiger partial charge is 0.217 e. The highest BCUT2D eigenvalue weighted by molar-refractivity contribution is 5.73. The number of hydrogen-bond donors (Lipinski definition) is 14. The average Bonchev–Trinajstić information content (AvgIpc) is 3.08. The molecule has 4 aliphatic heterocycles. The molecular formula is C28H48N2O21. The summed E-state index contributed by atoms with van der Waals surface area (Å²) in [4.78, 5) is 23.7. The first-order valence-electron chi connectivity index (χ1n) is 16.1. The third-order valence-corrected chi connectivity index (χ3v) is 8.99. The van der Waals surface area contributed by atoms with Crippen LogP contribution in [0.5, 0.6) is 0 Å². The number of aliphatic hydroxyl groups is 12. The van der Waals surface area contributed by atoms with Crippen molar-refractivity contribution in [1.29, 1.82) is 0 Å². The lowest BCUT2D eigenvalue weighted by atomic mass is 9.95. The first-order valence-corrected chi connectivity index (χ1v) is 16.1. The Hall–Kier alpha value is -1.82. The van der Waals surface area contributed by atoms with Gasteiger partial charge >= 0.3 is 0 Å². The number of ether oxygens (including phenoxy) is 7. The summed E-state index contributed by atoms with van der Waals surface area (Å²) in [5, 5.41) is 129. The van der Waals surface area contributed by atoms with Crippen LogP contribution in [-0.2, 0) is 42.7 Å². The SMILES string of the molecule is CC(=O)N[C@@H]1[C@@H](O)[C@@H](O[C@@H]2O[C@H](CO)[C@H](O[C@@H]3O[C@H](CO)[C@H](O)[C@H](O)[C@H]3O)[C@H](O)[C@H]2O)[C@@H](CO[C@@H]2O[C@H](CO)[C@@H](O)[C@H](O)[C@H]2NC(C)=O)O[C@@H]1O. The third-order valence-electron chi connectivity index (χ3n) is 8.99. The van der Waals surface area contributed by atoms with Gasteiger partial charge in [-0.1, -0.05) is 0 Å². The van der Waals surface area contributed by atoms with E-state index in [0.717, 1.165) is 13.8 Å². The van der Waals surface area contributed by atoms with E-state index in [1.165, 1.54) is 0 Å². The van der Waals surface area contributed by atoms with E-state index in [9.17, 15) is 70.9 Å². The van der Waals surface area contributed by atoms with E-state index in [1.54, 1.807) is 0 Å². The van der Waals surface area contributed by atoms with E-state index in [1.807, 2.05) is 0 Å². The van der Waals surface area contributed by atoms with Crippen LogP contribution in [0.25, 0.3) is 0 Å². The third kappa shape index (κ3) is 9.29. The lowest BCUT2D eigenvalue weighted by Gasteiger charge is -2.48. The Morgan fingerprint density at radius 1 is 0.510 bits per heavy atom. The van der Waals surface area contributed by atoms with Gasteiger partial charge in [0.2, 0.25) is 11.8 Å². The summed E-state index contributed by atoms with van der Waals surface area (Å²) >= 11 is 0. The van der Waals surface area contributed by atoms with Gasteiger partial charge in [-0.25, -0.2) is 0 Å². The number of amides is 2. The minimum absolute atomic E-state index is 0.653. The second-order valence-corrected chi connectivity index (χ2v) is 12.7. The van der Waals surface area contributed by atoms with Crippen LogP contribution in [0.2, 0.25) is 0 Å². The summed E-state index contributed by atoms with van der Waals surface area (Å²) in [6.07, 6.45) is -31.2. The maximum Gasteiger partial charge on any atom is 0.217 e. The molecule has 0 saturated carbocycles. The molecule has 296 valence electrons. The highest BCUT2D eigenvalue weighted by atomic mass is 16.8. The van der Waals surface area contributed by atoms with E-state index in [4.69, 9.17) is 33.2 Å². The van der Waals surface area contributed by atoms with Crippen LogP contribution in [0.15, 0.2) is 0 Å². The number of carbonyl (C=O) groups is 2. The van der Waals surface area contributed by atoms with Crippen molar-refractivity contribution < 1.29 is 104 Å². The number of nitrogens with one attached hydrogen (secondary N) is 2. The van der Waals surface area contributed by atoms with Crippen LogP contribution in [0, 0.1) is 0 Å². The molecule has 2 amide bonds. The second kappa shape index (κ2) is 18.0. The Bertz CT molecular complexity index is 1140. The van der Waals surface area contributed by atoms with E-state index in [2.05, 4.69) is 10.6 Å². The van der Waals surface area contributed by atoms with Gasteiger partial charge in [0.15, 0.2) is 25.2 Å². The highest BCUT2D eigenvalue weighted by Gasteiger charge is 2.54. The van der Waals surface area contributed by atoms with E-state index in [0.29, 0.717) is 0 Å². The van der Waals surface area contributed by atoms with Crippen molar-refractivity contribution >= 4 is 11.8 Å². The predicted octanol–water partition coefficient (Wildman–Crippen LogP) is -9.46. The minimum Gasteiger partial charge on any atom is -0.394 e. The molecule has 0 aromatic carbocycles. The summed E-state index contributed by atoms with van der Waals surface area (Å²) in [6.45, 7) is -0.980. The van der Waals surface area contributed by atoms with Crippen molar-refractivity contribution in [3.05, 3.63) is 0 Å². The summed E-state index contributed by atoms with van der Waals surface area (Å²) < 4.78 is 39.1. The molecule has 4 saturated heterocycles.